The van der Waals surface area contributed by atoms with Gasteiger partial charge in [-0.25, -0.2) is 9.78 Å². The first-order chi connectivity index (χ1) is 11.8. The maximum atomic E-state index is 12.2. The van der Waals surface area contributed by atoms with Gasteiger partial charge in [0.2, 0.25) is 5.88 Å². The second-order valence-electron chi connectivity index (χ2n) is 6.36. The van der Waals surface area contributed by atoms with Gasteiger partial charge in [0.15, 0.2) is 0 Å². The highest BCUT2D eigenvalue weighted by molar-refractivity contribution is 5.89. The second kappa shape index (κ2) is 8.30. The molecule has 1 aromatic heterocycles. The van der Waals surface area contributed by atoms with Gasteiger partial charge in [-0.3, -0.25) is 4.90 Å². The van der Waals surface area contributed by atoms with Gasteiger partial charge >= 0.3 is 6.03 Å². The number of urea groups is 1. The fourth-order valence-electron chi connectivity index (χ4n) is 3.47. The van der Waals surface area contributed by atoms with Crippen LogP contribution in [0.3, 0.4) is 0 Å². The Kier molecular flexibility index (Phi) is 5.87. The van der Waals surface area contributed by atoms with E-state index in [1.165, 1.54) is 12.8 Å². The average molecular weight is 334 g/mol. The van der Waals surface area contributed by atoms with Gasteiger partial charge in [0.1, 0.15) is 0 Å². The van der Waals surface area contributed by atoms with Crippen molar-refractivity contribution in [3.05, 3.63) is 18.3 Å². The van der Waals surface area contributed by atoms with Crippen molar-refractivity contribution < 1.29 is 14.3 Å². The quantitative estimate of drug-likeness (QED) is 0.828. The van der Waals surface area contributed by atoms with Crippen LogP contribution in [0.5, 0.6) is 5.88 Å². The zero-order valence-corrected chi connectivity index (χ0v) is 14.2. The SMILES string of the molecule is COc1ccc(NC(=O)NC[C@@H]([C@H]2CCOC2)N2CCCC2)cn1. The Morgan fingerprint density at radius 1 is 1.46 bits per heavy atom. The molecular formula is C17H26N4O3. The Morgan fingerprint density at radius 3 is 2.92 bits per heavy atom. The Balaban J connectivity index is 1.51. The summed E-state index contributed by atoms with van der Waals surface area (Å²) in [6.45, 7) is 4.51. The van der Waals surface area contributed by atoms with E-state index >= 15 is 0 Å². The van der Waals surface area contributed by atoms with E-state index in [1.807, 2.05) is 0 Å². The molecule has 2 aliphatic heterocycles. The number of carbonyl (C=O) groups is 1. The van der Waals surface area contributed by atoms with Gasteiger partial charge in [-0.1, -0.05) is 0 Å². The fraction of sp³-hybridized carbons (Fsp3) is 0.647. The van der Waals surface area contributed by atoms with Gasteiger partial charge in [-0.05, 0) is 38.4 Å². The number of aromatic nitrogens is 1. The number of ether oxygens (including phenoxy) is 2. The zero-order valence-electron chi connectivity index (χ0n) is 14.2. The number of anilines is 1. The lowest BCUT2D eigenvalue weighted by Crippen LogP contribution is -2.48. The zero-order chi connectivity index (χ0) is 16.8. The van der Waals surface area contributed by atoms with Gasteiger partial charge in [0.05, 0.1) is 25.6 Å². The van der Waals surface area contributed by atoms with E-state index in [1.54, 1.807) is 25.4 Å². The lowest BCUT2D eigenvalue weighted by molar-refractivity contribution is 0.135. The molecule has 0 spiro atoms. The number of nitrogens with one attached hydrogen (secondary N) is 2. The van der Waals surface area contributed by atoms with E-state index in [2.05, 4.69) is 20.5 Å². The predicted molar refractivity (Wildman–Crippen MR) is 91.3 cm³/mol. The minimum atomic E-state index is -0.204. The third-order valence-corrected chi connectivity index (χ3v) is 4.79. The molecule has 132 valence electrons. The van der Waals surface area contributed by atoms with E-state index in [4.69, 9.17) is 9.47 Å². The number of hydrogen-bond donors (Lipinski definition) is 2. The monoisotopic (exact) mass is 334 g/mol. The molecule has 2 fully saturated rings. The Bertz CT molecular complexity index is 509. The molecule has 0 aliphatic carbocycles. The van der Waals surface area contributed by atoms with Crippen LogP contribution < -0.4 is 15.4 Å². The van der Waals surface area contributed by atoms with Crippen LogP contribution in [-0.2, 0) is 4.74 Å². The van der Waals surface area contributed by atoms with Crippen LogP contribution in [-0.4, -0.2) is 61.9 Å². The summed E-state index contributed by atoms with van der Waals surface area (Å²) < 4.78 is 10.6. The standard InChI is InChI=1S/C17H26N4O3/c1-23-16-5-4-14(10-18-16)20-17(22)19-11-15(13-6-9-24-12-13)21-7-2-3-8-21/h4-5,10,13,15H,2-3,6-9,11-12H2,1H3,(H2,19,20,22)/t13-,15-/m0/s1. The molecule has 0 saturated carbocycles. The van der Waals surface area contributed by atoms with Crippen LogP contribution in [0, 0.1) is 5.92 Å². The fourth-order valence-corrected chi connectivity index (χ4v) is 3.47. The summed E-state index contributed by atoms with van der Waals surface area (Å²) in [6.07, 6.45) is 5.15. The molecule has 2 saturated heterocycles. The minimum Gasteiger partial charge on any atom is -0.481 e. The van der Waals surface area contributed by atoms with Crippen molar-refractivity contribution in [2.75, 3.05) is 45.3 Å². The molecule has 7 nitrogen and oxygen atoms in total. The summed E-state index contributed by atoms with van der Waals surface area (Å²) in [5, 5.41) is 5.82. The normalized spacial score (nSPS) is 22.3. The molecule has 3 rings (SSSR count). The Hall–Kier alpha value is -1.86. The van der Waals surface area contributed by atoms with Crippen molar-refractivity contribution in [3.8, 4) is 5.88 Å². The van der Waals surface area contributed by atoms with Crippen LogP contribution in [0.1, 0.15) is 19.3 Å². The summed E-state index contributed by atoms with van der Waals surface area (Å²) in [4.78, 5) is 18.7. The maximum Gasteiger partial charge on any atom is 0.319 e. The topological polar surface area (TPSA) is 75.7 Å². The summed E-state index contributed by atoms with van der Waals surface area (Å²) in [5.74, 6) is 1.03. The third-order valence-electron chi connectivity index (χ3n) is 4.79. The number of pyridine rings is 1. The van der Waals surface area contributed by atoms with E-state index in [0.717, 1.165) is 32.7 Å². The van der Waals surface area contributed by atoms with Gasteiger partial charge in [0.25, 0.3) is 0 Å². The molecule has 2 atom stereocenters. The van der Waals surface area contributed by atoms with Crippen molar-refractivity contribution in [1.29, 1.82) is 0 Å². The first-order valence-electron chi connectivity index (χ1n) is 8.63. The predicted octanol–water partition coefficient (Wildman–Crippen LogP) is 1.71. The van der Waals surface area contributed by atoms with Gasteiger partial charge in [0, 0.05) is 31.2 Å². The van der Waals surface area contributed by atoms with Crippen molar-refractivity contribution in [1.82, 2.24) is 15.2 Å². The third kappa shape index (κ3) is 4.36. The van der Waals surface area contributed by atoms with Crippen LogP contribution >= 0.6 is 0 Å². The summed E-state index contributed by atoms with van der Waals surface area (Å²) in [5.41, 5.74) is 0.648. The highest BCUT2D eigenvalue weighted by atomic mass is 16.5. The van der Waals surface area contributed by atoms with Crippen molar-refractivity contribution >= 4 is 11.7 Å². The first-order valence-corrected chi connectivity index (χ1v) is 8.63. The van der Waals surface area contributed by atoms with E-state index in [-0.39, 0.29) is 6.03 Å². The number of nitrogens with zero attached hydrogens (tertiary/aromatic N) is 2. The molecule has 0 bridgehead atoms. The van der Waals surface area contributed by atoms with E-state index in [0.29, 0.717) is 30.1 Å². The van der Waals surface area contributed by atoms with Gasteiger partial charge < -0.3 is 20.1 Å². The largest absolute Gasteiger partial charge is 0.481 e. The minimum absolute atomic E-state index is 0.204. The molecule has 0 unspecified atom stereocenters. The highest BCUT2D eigenvalue weighted by Gasteiger charge is 2.32. The summed E-state index contributed by atoms with van der Waals surface area (Å²) in [7, 11) is 1.56. The van der Waals surface area contributed by atoms with Crippen LogP contribution in [0.4, 0.5) is 10.5 Å². The van der Waals surface area contributed by atoms with Crippen LogP contribution in [0.25, 0.3) is 0 Å². The van der Waals surface area contributed by atoms with Crippen molar-refractivity contribution in [2.45, 2.75) is 25.3 Å². The first kappa shape index (κ1) is 17.0. The molecular weight excluding hydrogens is 308 g/mol. The number of rotatable bonds is 6. The molecule has 3 heterocycles. The molecule has 2 N–H and O–H groups in total. The molecule has 24 heavy (non-hydrogen) atoms. The molecule has 2 aliphatic rings. The Labute approximate surface area is 142 Å². The molecule has 1 aromatic rings. The maximum absolute atomic E-state index is 12.2. The summed E-state index contributed by atoms with van der Waals surface area (Å²) >= 11 is 0. The smallest absolute Gasteiger partial charge is 0.319 e. The van der Waals surface area contributed by atoms with Crippen LogP contribution in [0.2, 0.25) is 0 Å². The number of carbonyl (C=O) groups excluding carboxylic acids is 1. The lowest BCUT2D eigenvalue weighted by Gasteiger charge is -2.31. The number of amides is 2. The number of hydrogen-bond acceptors (Lipinski definition) is 5. The van der Waals surface area contributed by atoms with Gasteiger partial charge in [-0.2, -0.15) is 0 Å². The van der Waals surface area contributed by atoms with Crippen LogP contribution in [0.15, 0.2) is 18.3 Å². The van der Waals surface area contributed by atoms with E-state index < -0.39 is 0 Å². The average Bonchev–Trinajstić information content (AvgIpc) is 3.30. The summed E-state index contributed by atoms with van der Waals surface area (Å²) in [6, 6.07) is 3.65. The van der Waals surface area contributed by atoms with Crippen molar-refractivity contribution in [3.63, 3.8) is 0 Å². The van der Waals surface area contributed by atoms with Gasteiger partial charge in [-0.15, -0.1) is 0 Å². The molecule has 7 heteroatoms. The van der Waals surface area contributed by atoms with E-state index in [9.17, 15) is 4.79 Å². The Morgan fingerprint density at radius 2 is 2.29 bits per heavy atom. The molecule has 0 radical (unpaired) electrons. The molecule has 2 amide bonds. The van der Waals surface area contributed by atoms with Crippen molar-refractivity contribution in [2.24, 2.45) is 5.92 Å². The lowest BCUT2D eigenvalue weighted by atomic mass is 9.97. The highest BCUT2D eigenvalue weighted by Crippen LogP contribution is 2.24. The number of likely N-dealkylation sites (tertiary alicyclic amines) is 1. The number of methoxy groups -OCH3 is 1. The second-order valence-corrected chi connectivity index (χ2v) is 6.36. The molecule has 0 aromatic carbocycles.